The molecule has 0 saturated carbocycles. The Labute approximate surface area is 135 Å². The molecule has 0 spiro atoms. The molecule has 0 amide bonds. The molecule has 8 nitrogen and oxygen atoms in total. The zero-order valence-electron chi connectivity index (χ0n) is 13.4. The maximum absolute atomic E-state index is 11.3. The van der Waals surface area contributed by atoms with Gasteiger partial charge in [-0.3, -0.25) is 4.79 Å². The Bertz CT molecular complexity index is 441. The van der Waals surface area contributed by atoms with E-state index >= 15 is 0 Å². The van der Waals surface area contributed by atoms with E-state index in [0.717, 1.165) is 6.92 Å². The van der Waals surface area contributed by atoms with Crippen LogP contribution in [0.5, 0.6) is 0 Å². The number of hydrogen-bond donors (Lipinski definition) is 0. The molecule has 0 N–H and O–H groups in total. The van der Waals surface area contributed by atoms with Crippen LogP contribution in [0.3, 0.4) is 0 Å². The molecule has 0 radical (unpaired) electrons. The Morgan fingerprint density at radius 1 is 0.739 bits per heavy atom. The molecule has 0 rings (SSSR count). The smallest absolute Gasteiger partial charge is 0.373 e. The zero-order chi connectivity index (χ0) is 17.7. The van der Waals surface area contributed by atoms with Gasteiger partial charge in [0.05, 0.1) is 26.4 Å². The molecule has 0 fully saturated rings. The molecular formula is C15H22O8. The van der Waals surface area contributed by atoms with E-state index in [1.165, 1.54) is 0 Å². The highest BCUT2D eigenvalue weighted by Gasteiger charge is 2.11. The van der Waals surface area contributed by atoms with Crippen LogP contribution in [0.2, 0.25) is 0 Å². The molecule has 0 aliphatic rings. The lowest BCUT2D eigenvalue weighted by molar-refractivity contribution is -0.151. The number of rotatable bonds is 12. The summed E-state index contributed by atoms with van der Waals surface area (Å²) >= 11 is 0. The van der Waals surface area contributed by atoms with Crippen LogP contribution in [-0.2, 0) is 38.1 Å². The molecule has 130 valence electrons. The lowest BCUT2D eigenvalue weighted by Crippen LogP contribution is -2.17. The first-order valence-corrected chi connectivity index (χ1v) is 6.87. The van der Waals surface area contributed by atoms with Gasteiger partial charge in [0.1, 0.15) is 13.2 Å². The van der Waals surface area contributed by atoms with Crippen molar-refractivity contribution in [1.82, 2.24) is 0 Å². The van der Waals surface area contributed by atoms with E-state index in [2.05, 4.69) is 17.9 Å². The Balaban J connectivity index is 3.41. The SMILES string of the molecule is C=C(C)C(=O)OCCOCCOCCOC(=O)C(=C)OC(C)=O. The summed E-state index contributed by atoms with van der Waals surface area (Å²) in [5.74, 6) is -2.29. The third kappa shape index (κ3) is 12.1. The number of carbonyl (C=O) groups excluding carboxylic acids is 3. The van der Waals surface area contributed by atoms with Crippen molar-refractivity contribution in [3.8, 4) is 0 Å². The van der Waals surface area contributed by atoms with Crippen LogP contribution >= 0.6 is 0 Å². The van der Waals surface area contributed by atoms with E-state index < -0.39 is 17.9 Å². The minimum absolute atomic E-state index is 0.00462. The van der Waals surface area contributed by atoms with E-state index in [-0.39, 0.29) is 38.8 Å². The van der Waals surface area contributed by atoms with Gasteiger partial charge in [0.2, 0.25) is 5.76 Å². The molecule has 0 aromatic rings. The second kappa shape index (κ2) is 12.4. The maximum atomic E-state index is 11.3. The van der Waals surface area contributed by atoms with E-state index in [9.17, 15) is 14.4 Å². The molecule has 23 heavy (non-hydrogen) atoms. The second-order valence-corrected chi connectivity index (χ2v) is 4.29. The first-order valence-electron chi connectivity index (χ1n) is 6.87. The topological polar surface area (TPSA) is 97.4 Å². The highest BCUT2D eigenvalue weighted by molar-refractivity contribution is 5.88. The molecule has 0 saturated heterocycles. The normalized spacial score (nSPS) is 9.83. The number of ether oxygens (including phenoxy) is 5. The van der Waals surface area contributed by atoms with Crippen molar-refractivity contribution < 1.29 is 38.1 Å². The van der Waals surface area contributed by atoms with Crippen molar-refractivity contribution in [3.05, 3.63) is 24.5 Å². The van der Waals surface area contributed by atoms with E-state index in [0.29, 0.717) is 12.2 Å². The summed E-state index contributed by atoms with van der Waals surface area (Å²) in [5, 5.41) is 0. The molecule has 0 aliphatic carbocycles. The molecule has 0 heterocycles. The Kier molecular flexibility index (Phi) is 11.2. The zero-order valence-corrected chi connectivity index (χ0v) is 13.4. The Morgan fingerprint density at radius 2 is 1.17 bits per heavy atom. The fourth-order valence-corrected chi connectivity index (χ4v) is 1.13. The van der Waals surface area contributed by atoms with Crippen molar-refractivity contribution in [2.45, 2.75) is 13.8 Å². The predicted molar refractivity (Wildman–Crippen MR) is 79.3 cm³/mol. The van der Waals surface area contributed by atoms with Gasteiger partial charge in [-0.2, -0.15) is 0 Å². The summed E-state index contributed by atoms with van der Waals surface area (Å²) in [7, 11) is 0. The summed E-state index contributed by atoms with van der Waals surface area (Å²) in [6.07, 6.45) is 0. The molecule has 0 atom stereocenters. The van der Waals surface area contributed by atoms with Crippen molar-refractivity contribution in [2.75, 3.05) is 39.6 Å². The van der Waals surface area contributed by atoms with Crippen LogP contribution in [0.15, 0.2) is 24.5 Å². The number of carbonyl (C=O) groups is 3. The summed E-state index contributed by atoms with van der Waals surface area (Å²) < 4.78 is 24.3. The minimum Gasteiger partial charge on any atom is -0.460 e. The van der Waals surface area contributed by atoms with Gasteiger partial charge in [0, 0.05) is 12.5 Å². The van der Waals surface area contributed by atoms with Gasteiger partial charge in [0.25, 0.3) is 0 Å². The molecule has 8 heteroatoms. The second-order valence-electron chi connectivity index (χ2n) is 4.29. The third-order valence-electron chi connectivity index (χ3n) is 2.14. The highest BCUT2D eigenvalue weighted by atomic mass is 16.6. The van der Waals surface area contributed by atoms with Gasteiger partial charge in [-0.15, -0.1) is 0 Å². The summed E-state index contributed by atoms with van der Waals surface area (Å²) in [4.78, 5) is 32.9. The molecule has 0 bridgehead atoms. The van der Waals surface area contributed by atoms with Gasteiger partial charge in [0.15, 0.2) is 0 Å². The average molecular weight is 330 g/mol. The molecule has 0 unspecified atom stereocenters. The minimum atomic E-state index is -0.820. The van der Waals surface area contributed by atoms with Crippen molar-refractivity contribution >= 4 is 17.9 Å². The number of esters is 3. The van der Waals surface area contributed by atoms with Crippen LogP contribution in [0.25, 0.3) is 0 Å². The number of hydrogen-bond acceptors (Lipinski definition) is 8. The van der Waals surface area contributed by atoms with Crippen LogP contribution in [-0.4, -0.2) is 57.5 Å². The lowest BCUT2D eigenvalue weighted by atomic mass is 10.4. The molecule has 0 aromatic carbocycles. The van der Waals surface area contributed by atoms with E-state index in [1.54, 1.807) is 6.92 Å². The third-order valence-corrected chi connectivity index (χ3v) is 2.14. The van der Waals surface area contributed by atoms with Gasteiger partial charge >= 0.3 is 17.9 Å². The van der Waals surface area contributed by atoms with Gasteiger partial charge in [-0.25, -0.2) is 9.59 Å². The molecular weight excluding hydrogens is 308 g/mol. The van der Waals surface area contributed by atoms with Gasteiger partial charge in [-0.05, 0) is 13.5 Å². The summed E-state index contributed by atoms with van der Waals surface area (Å²) in [6, 6.07) is 0. The van der Waals surface area contributed by atoms with Gasteiger partial charge in [-0.1, -0.05) is 6.58 Å². The molecule has 0 aromatic heterocycles. The largest absolute Gasteiger partial charge is 0.460 e. The molecule has 0 aliphatic heterocycles. The summed E-state index contributed by atoms with van der Waals surface area (Å²) in [5.41, 5.74) is 0.333. The van der Waals surface area contributed by atoms with Gasteiger partial charge < -0.3 is 23.7 Å². The van der Waals surface area contributed by atoms with Crippen molar-refractivity contribution in [3.63, 3.8) is 0 Å². The fraction of sp³-hybridized carbons (Fsp3) is 0.533. The summed E-state index contributed by atoms with van der Waals surface area (Å²) in [6.45, 7) is 10.6. The standard InChI is InChI=1S/C15H22O8/c1-11(2)14(17)21-9-7-19-5-6-20-8-10-22-15(18)12(3)23-13(4)16/h1,3,5-10H2,2,4H3. The van der Waals surface area contributed by atoms with E-state index in [1.807, 2.05) is 0 Å². The Morgan fingerprint density at radius 3 is 1.61 bits per heavy atom. The first-order chi connectivity index (χ1) is 10.8. The fourth-order valence-electron chi connectivity index (χ4n) is 1.13. The quantitative estimate of drug-likeness (QED) is 0.170. The van der Waals surface area contributed by atoms with Crippen LogP contribution in [0.1, 0.15) is 13.8 Å². The highest BCUT2D eigenvalue weighted by Crippen LogP contribution is 1.97. The Hall–Kier alpha value is -2.19. The van der Waals surface area contributed by atoms with Crippen molar-refractivity contribution in [1.29, 1.82) is 0 Å². The first kappa shape index (κ1) is 20.8. The van der Waals surface area contributed by atoms with Crippen LogP contribution < -0.4 is 0 Å². The van der Waals surface area contributed by atoms with Crippen LogP contribution in [0.4, 0.5) is 0 Å². The lowest BCUT2D eigenvalue weighted by Gasteiger charge is -2.08. The van der Waals surface area contributed by atoms with Crippen molar-refractivity contribution in [2.24, 2.45) is 0 Å². The van der Waals surface area contributed by atoms with E-state index in [4.69, 9.17) is 18.9 Å². The predicted octanol–water partition coefficient (Wildman–Crippen LogP) is 0.759. The van der Waals surface area contributed by atoms with Crippen LogP contribution in [0, 0.1) is 0 Å². The average Bonchev–Trinajstić information content (AvgIpc) is 2.47. The maximum Gasteiger partial charge on any atom is 0.373 e. The monoisotopic (exact) mass is 330 g/mol.